The molecule has 2 aliphatic heterocycles. The molecule has 4 rings (SSSR count). The van der Waals surface area contributed by atoms with Gasteiger partial charge in [0, 0.05) is 6.61 Å². The lowest BCUT2D eigenvalue weighted by atomic mass is 10.1. The molecule has 0 radical (unpaired) electrons. The van der Waals surface area contributed by atoms with Crippen molar-refractivity contribution in [3.63, 3.8) is 0 Å². The molecule has 10 nitrogen and oxygen atoms in total. The normalized spacial score (nSPS) is 33.4. The van der Waals surface area contributed by atoms with Crippen molar-refractivity contribution in [2.24, 2.45) is 0 Å². The first-order valence-electron chi connectivity index (χ1n) is 7.34. The van der Waals surface area contributed by atoms with E-state index < -0.39 is 31.0 Å². The van der Waals surface area contributed by atoms with Gasteiger partial charge < -0.3 is 29.8 Å². The van der Waals surface area contributed by atoms with Gasteiger partial charge in [-0.25, -0.2) is 15.0 Å². The third kappa shape index (κ3) is 2.26. The second-order valence-corrected chi connectivity index (χ2v) is 5.28. The molecule has 4 heterocycles. The van der Waals surface area contributed by atoms with Crippen LogP contribution in [-0.2, 0) is 18.9 Å². The summed E-state index contributed by atoms with van der Waals surface area (Å²) in [4.78, 5) is 12.3. The molecule has 0 saturated carbocycles. The Morgan fingerprint density at radius 3 is 2.87 bits per heavy atom. The zero-order chi connectivity index (χ0) is 16.0. The molecule has 0 aliphatic carbocycles. The monoisotopic (exact) mass is 323 g/mol. The summed E-state index contributed by atoms with van der Waals surface area (Å²) in [6.07, 6.45) is 0.972. The number of aromatic nitrogens is 4. The van der Waals surface area contributed by atoms with E-state index in [-0.39, 0.29) is 12.4 Å². The summed E-state index contributed by atoms with van der Waals surface area (Å²) < 4.78 is 24.4. The van der Waals surface area contributed by atoms with Gasteiger partial charge in [0.25, 0.3) is 6.48 Å². The summed E-state index contributed by atoms with van der Waals surface area (Å²) in [5.74, 6) is 0.290. The highest BCUT2D eigenvalue weighted by molar-refractivity contribution is 5.81. The number of aliphatic hydroxyl groups excluding tert-OH is 1. The number of nitrogen functional groups attached to an aromatic ring is 1. The summed E-state index contributed by atoms with van der Waals surface area (Å²) in [5, 5.41) is 9.53. The van der Waals surface area contributed by atoms with Crippen molar-refractivity contribution in [2.45, 2.75) is 37.9 Å². The van der Waals surface area contributed by atoms with E-state index in [1.807, 2.05) is 6.92 Å². The van der Waals surface area contributed by atoms with Crippen LogP contribution in [0.4, 0.5) is 5.82 Å². The van der Waals surface area contributed by atoms with Crippen LogP contribution in [0.1, 0.15) is 13.2 Å². The highest BCUT2D eigenvalue weighted by atomic mass is 16.9. The Labute approximate surface area is 131 Å². The van der Waals surface area contributed by atoms with Crippen molar-refractivity contribution in [2.75, 3.05) is 18.9 Å². The van der Waals surface area contributed by atoms with Crippen molar-refractivity contribution < 1.29 is 24.1 Å². The van der Waals surface area contributed by atoms with E-state index in [1.54, 1.807) is 10.9 Å². The maximum Gasteiger partial charge on any atom is 0.272 e. The Morgan fingerprint density at radius 1 is 1.26 bits per heavy atom. The van der Waals surface area contributed by atoms with Crippen LogP contribution in [0.25, 0.3) is 11.2 Å². The summed E-state index contributed by atoms with van der Waals surface area (Å²) in [7, 11) is 0. The quantitative estimate of drug-likeness (QED) is 0.758. The molecule has 2 aliphatic rings. The molecule has 0 spiro atoms. The molecule has 2 fully saturated rings. The third-order valence-corrected chi connectivity index (χ3v) is 3.97. The molecule has 2 aromatic rings. The van der Waals surface area contributed by atoms with E-state index in [4.69, 9.17) is 24.7 Å². The standard InChI is InChI=1S/C13H17N5O5/c1-2-20-13-22-8-6(3-19)21-12(9(8)23-13)18-5-17-7-10(14)15-4-16-11(7)18/h4-6,8-9,12-13,19H,2-3H2,1H3,(H2,14,15,16)/t6-,8-,9+,12-,13-/m0/s1. The fourth-order valence-electron chi connectivity index (χ4n) is 2.95. The van der Waals surface area contributed by atoms with E-state index in [0.29, 0.717) is 17.8 Å². The zero-order valence-electron chi connectivity index (χ0n) is 12.4. The van der Waals surface area contributed by atoms with Gasteiger partial charge in [-0.2, -0.15) is 0 Å². The van der Waals surface area contributed by atoms with E-state index in [2.05, 4.69) is 15.0 Å². The third-order valence-electron chi connectivity index (χ3n) is 3.97. The topological polar surface area (TPSA) is 127 Å². The smallest absolute Gasteiger partial charge is 0.272 e. The largest absolute Gasteiger partial charge is 0.394 e. The second kappa shape index (κ2) is 5.65. The molecular weight excluding hydrogens is 306 g/mol. The molecule has 3 N–H and O–H groups in total. The minimum absolute atomic E-state index is 0.191. The van der Waals surface area contributed by atoms with Crippen LogP contribution in [0.5, 0.6) is 0 Å². The molecule has 10 heteroatoms. The molecule has 0 bridgehead atoms. The second-order valence-electron chi connectivity index (χ2n) is 5.28. The average molecular weight is 323 g/mol. The first-order chi connectivity index (χ1) is 11.2. The number of rotatable bonds is 4. The number of hydrogen-bond donors (Lipinski definition) is 2. The zero-order valence-corrected chi connectivity index (χ0v) is 12.4. The Balaban J connectivity index is 1.69. The number of ether oxygens (including phenoxy) is 4. The number of hydrogen-bond acceptors (Lipinski definition) is 9. The summed E-state index contributed by atoms with van der Waals surface area (Å²) in [6, 6.07) is 0. The Bertz CT molecular complexity index is 709. The van der Waals surface area contributed by atoms with Gasteiger partial charge in [0.15, 0.2) is 17.7 Å². The Kier molecular flexibility index (Phi) is 3.62. The van der Waals surface area contributed by atoms with Crippen LogP contribution in [0.3, 0.4) is 0 Å². The van der Waals surface area contributed by atoms with Crippen molar-refractivity contribution >= 4 is 17.0 Å². The van der Waals surface area contributed by atoms with Gasteiger partial charge in [-0.05, 0) is 6.92 Å². The number of imidazole rings is 1. The predicted octanol–water partition coefficient (Wildman–Crippen LogP) is -0.598. The lowest BCUT2D eigenvalue weighted by Gasteiger charge is -2.20. The maximum atomic E-state index is 9.53. The number of nitrogens with two attached hydrogens (primary N) is 1. The molecule has 0 aromatic carbocycles. The van der Waals surface area contributed by atoms with Crippen molar-refractivity contribution in [3.8, 4) is 0 Å². The van der Waals surface area contributed by atoms with E-state index in [9.17, 15) is 5.11 Å². The predicted molar refractivity (Wildman–Crippen MR) is 75.9 cm³/mol. The van der Waals surface area contributed by atoms with Crippen LogP contribution in [-0.4, -0.2) is 62.6 Å². The van der Waals surface area contributed by atoms with Crippen LogP contribution in [0, 0.1) is 0 Å². The maximum absolute atomic E-state index is 9.53. The van der Waals surface area contributed by atoms with Gasteiger partial charge in [-0.3, -0.25) is 4.57 Å². The minimum Gasteiger partial charge on any atom is -0.394 e. The molecule has 124 valence electrons. The number of fused-ring (bicyclic) bond motifs is 2. The van der Waals surface area contributed by atoms with Crippen molar-refractivity contribution in [3.05, 3.63) is 12.7 Å². The molecular formula is C13H17N5O5. The van der Waals surface area contributed by atoms with E-state index >= 15 is 0 Å². The van der Waals surface area contributed by atoms with E-state index in [1.165, 1.54) is 6.33 Å². The van der Waals surface area contributed by atoms with Gasteiger partial charge in [0.2, 0.25) is 0 Å². The highest BCUT2D eigenvalue weighted by Gasteiger charge is 2.54. The summed E-state index contributed by atoms with van der Waals surface area (Å²) in [6.45, 7) is 1.34. The molecule has 0 unspecified atom stereocenters. The van der Waals surface area contributed by atoms with Crippen LogP contribution in [0.2, 0.25) is 0 Å². The van der Waals surface area contributed by atoms with Crippen LogP contribution in [0.15, 0.2) is 12.7 Å². The lowest BCUT2D eigenvalue weighted by molar-refractivity contribution is -0.265. The summed E-state index contributed by atoms with van der Waals surface area (Å²) in [5.41, 5.74) is 6.82. The molecule has 23 heavy (non-hydrogen) atoms. The average Bonchev–Trinajstić information content (AvgIpc) is 3.21. The fourth-order valence-corrected chi connectivity index (χ4v) is 2.95. The SMILES string of the molecule is CCO[C@H]1O[C@@H]2[C@@H](O1)[C@@H](n1cnc3c(N)ncnc31)O[C@H]2CO. The van der Waals surface area contributed by atoms with Crippen LogP contribution < -0.4 is 5.73 Å². The molecule has 0 amide bonds. The minimum atomic E-state index is -0.773. The number of aliphatic hydroxyl groups is 1. The van der Waals surface area contributed by atoms with Gasteiger partial charge in [-0.1, -0.05) is 0 Å². The fraction of sp³-hybridized carbons (Fsp3) is 0.615. The molecule has 2 saturated heterocycles. The van der Waals surface area contributed by atoms with Gasteiger partial charge in [0.1, 0.15) is 30.2 Å². The summed E-state index contributed by atoms with van der Waals surface area (Å²) >= 11 is 0. The van der Waals surface area contributed by atoms with Gasteiger partial charge >= 0.3 is 0 Å². The lowest BCUT2D eigenvalue weighted by Crippen LogP contribution is -2.31. The Morgan fingerprint density at radius 2 is 2.09 bits per heavy atom. The van der Waals surface area contributed by atoms with Crippen LogP contribution >= 0.6 is 0 Å². The van der Waals surface area contributed by atoms with E-state index in [0.717, 1.165) is 0 Å². The first-order valence-corrected chi connectivity index (χ1v) is 7.34. The number of anilines is 1. The van der Waals surface area contributed by atoms with Crippen molar-refractivity contribution in [1.29, 1.82) is 0 Å². The van der Waals surface area contributed by atoms with Gasteiger partial charge in [0.05, 0.1) is 12.9 Å². The van der Waals surface area contributed by atoms with Gasteiger partial charge in [-0.15, -0.1) is 0 Å². The highest BCUT2D eigenvalue weighted by Crippen LogP contribution is 2.40. The molecule has 5 atom stereocenters. The Hall–Kier alpha value is -1.85. The number of nitrogens with zero attached hydrogens (tertiary/aromatic N) is 4. The van der Waals surface area contributed by atoms with Crippen molar-refractivity contribution in [1.82, 2.24) is 19.5 Å². The molecule has 2 aromatic heterocycles. The first kappa shape index (κ1) is 14.7.